The zero-order valence-corrected chi connectivity index (χ0v) is 18.7. The highest BCUT2D eigenvalue weighted by atomic mass is 16.6. The van der Waals surface area contributed by atoms with E-state index >= 15 is 0 Å². The molecule has 1 aromatic carbocycles. The summed E-state index contributed by atoms with van der Waals surface area (Å²) in [4.78, 5) is 40.3. The molecule has 2 aromatic rings. The topological polar surface area (TPSA) is 81.1 Å². The van der Waals surface area contributed by atoms with Crippen LogP contribution in [-0.4, -0.2) is 65.3 Å². The lowest BCUT2D eigenvalue weighted by atomic mass is 10.0. The standard InChI is InChI=1S/C23H29N3O5/c1-23(2,3)31-22(29)26-12-10-25(11-13-26)21(28)18-8-6-16(14-19(18)30-5)17-7-9-20(27)24(4)15-17/h6-9,14-15H,10-13H2,1-5H3. The van der Waals surface area contributed by atoms with Crippen LogP contribution in [0.5, 0.6) is 5.75 Å². The summed E-state index contributed by atoms with van der Waals surface area (Å²) < 4.78 is 12.4. The van der Waals surface area contributed by atoms with Crippen LogP contribution < -0.4 is 10.3 Å². The predicted octanol–water partition coefficient (Wildman–Crippen LogP) is 2.75. The van der Waals surface area contributed by atoms with Crippen molar-refractivity contribution in [2.75, 3.05) is 33.3 Å². The van der Waals surface area contributed by atoms with Gasteiger partial charge in [-0.05, 0) is 50.1 Å². The Morgan fingerprint density at radius 1 is 0.935 bits per heavy atom. The second kappa shape index (κ2) is 8.83. The van der Waals surface area contributed by atoms with E-state index in [1.807, 2.05) is 26.8 Å². The lowest BCUT2D eigenvalue weighted by Gasteiger charge is -2.35. The van der Waals surface area contributed by atoms with Gasteiger partial charge in [0.2, 0.25) is 5.56 Å². The minimum Gasteiger partial charge on any atom is -0.496 e. The van der Waals surface area contributed by atoms with Gasteiger partial charge in [-0.1, -0.05) is 6.07 Å². The number of benzene rings is 1. The van der Waals surface area contributed by atoms with Crippen LogP contribution in [0.3, 0.4) is 0 Å². The number of hydrogen-bond acceptors (Lipinski definition) is 5. The largest absolute Gasteiger partial charge is 0.496 e. The summed E-state index contributed by atoms with van der Waals surface area (Å²) in [5.41, 5.74) is 1.52. The van der Waals surface area contributed by atoms with E-state index in [2.05, 4.69) is 0 Å². The number of ether oxygens (including phenoxy) is 2. The van der Waals surface area contributed by atoms with Gasteiger partial charge >= 0.3 is 6.09 Å². The molecule has 8 nitrogen and oxygen atoms in total. The average molecular weight is 428 g/mol. The first-order valence-electron chi connectivity index (χ1n) is 10.2. The molecule has 1 aromatic heterocycles. The van der Waals surface area contributed by atoms with E-state index in [1.54, 1.807) is 41.2 Å². The summed E-state index contributed by atoms with van der Waals surface area (Å²) in [6.45, 7) is 7.16. The Morgan fingerprint density at radius 3 is 2.13 bits per heavy atom. The van der Waals surface area contributed by atoms with Gasteiger partial charge in [-0.3, -0.25) is 9.59 Å². The monoisotopic (exact) mass is 427 g/mol. The Bertz CT molecular complexity index is 1030. The third-order valence-corrected chi connectivity index (χ3v) is 5.07. The number of nitrogens with zero attached hydrogens (tertiary/aromatic N) is 3. The van der Waals surface area contributed by atoms with Gasteiger partial charge in [0, 0.05) is 45.5 Å². The number of methoxy groups -OCH3 is 1. The maximum absolute atomic E-state index is 13.1. The average Bonchev–Trinajstić information content (AvgIpc) is 2.73. The van der Waals surface area contributed by atoms with Crippen molar-refractivity contribution in [1.82, 2.24) is 14.4 Å². The molecule has 0 atom stereocenters. The third-order valence-electron chi connectivity index (χ3n) is 5.07. The first-order valence-corrected chi connectivity index (χ1v) is 10.2. The summed E-state index contributed by atoms with van der Waals surface area (Å²) in [6.07, 6.45) is 1.38. The van der Waals surface area contributed by atoms with Crippen molar-refractivity contribution < 1.29 is 19.1 Å². The molecule has 1 aliphatic rings. The molecule has 2 amide bonds. The first kappa shape index (κ1) is 22.4. The van der Waals surface area contributed by atoms with Gasteiger partial charge in [-0.15, -0.1) is 0 Å². The molecular weight excluding hydrogens is 398 g/mol. The minimum absolute atomic E-state index is 0.0898. The first-order chi connectivity index (χ1) is 14.6. The second-order valence-electron chi connectivity index (χ2n) is 8.54. The molecular formula is C23H29N3O5. The molecule has 31 heavy (non-hydrogen) atoms. The molecule has 0 bridgehead atoms. The van der Waals surface area contributed by atoms with Crippen molar-refractivity contribution in [2.45, 2.75) is 26.4 Å². The van der Waals surface area contributed by atoms with Crippen molar-refractivity contribution in [3.63, 3.8) is 0 Å². The highest BCUT2D eigenvalue weighted by Gasteiger charge is 2.29. The SMILES string of the molecule is COc1cc(-c2ccc(=O)n(C)c2)ccc1C(=O)N1CCN(C(=O)OC(C)(C)C)CC1. The Balaban J connectivity index is 1.73. The van der Waals surface area contributed by atoms with Crippen LogP contribution >= 0.6 is 0 Å². The van der Waals surface area contributed by atoms with Crippen LogP contribution in [0, 0.1) is 0 Å². The van der Waals surface area contributed by atoms with E-state index in [-0.39, 0.29) is 17.6 Å². The van der Waals surface area contributed by atoms with E-state index in [4.69, 9.17) is 9.47 Å². The fraction of sp³-hybridized carbons (Fsp3) is 0.435. The summed E-state index contributed by atoms with van der Waals surface area (Å²) in [5.74, 6) is 0.318. The van der Waals surface area contributed by atoms with Crippen molar-refractivity contribution >= 4 is 12.0 Å². The number of amides is 2. The number of carbonyl (C=O) groups excluding carboxylic acids is 2. The summed E-state index contributed by atoms with van der Waals surface area (Å²) in [7, 11) is 3.22. The van der Waals surface area contributed by atoms with Gasteiger partial charge in [-0.2, -0.15) is 0 Å². The van der Waals surface area contributed by atoms with Crippen LogP contribution in [0.4, 0.5) is 4.79 Å². The number of rotatable bonds is 3. The zero-order chi connectivity index (χ0) is 22.8. The Kier molecular flexibility index (Phi) is 6.38. The predicted molar refractivity (Wildman–Crippen MR) is 117 cm³/mol. The molecule has 3 rings (SSSR count). The van der Waals surface area contributed by atoms with Crippen molar-refractivity contribution in [3.8, 4) is 16.9 Å². The van der Waals surface area contributed by atoms with Crippen molar-refractivity contribution in [1.29, 1.82) is 0 Å². The molecule has 8 heteroatoms. The van der Waals surface area contributed by atoms with Crippen molar-refractivity contribution in [2.24, 2.45) is 7.05 Å². The molecule has 166 valence electrons. The Labute approximate surface area is 182 Å². The molecule has 0 N–H and O–H groups in total. The second-order valence-corrected chi connectivity index (χ2v) is 8.54. The number of pyridine rings is 1. The molecule has 2 heterocycles. The van der Waals surface area contributed by atoms with E-state index in [0.717, 1.165) is 11.1 Å². The third kappa shape index (κ3) is 5.25. The molecule has 1 aliphatic heterocycles. The van der Waals surface area contributed by atoms with E-state index in [1.165, 1.54) is 17.7 Å². The highest BCUT2D eigenvalue weighted by molar-refractivity contribution is 5.97. The van der Waals surface area contributed by atoms with Gasteiger partial charge in [0.25, 0.3) is 5.91 Å². The molecule has 1 saturated heterocycles. The van der Waals surface area contributed by atoms with Gasteiger partial charge in [0.15, 0.2) is 0 Å². The Hall–Kier alpha value is -3.29. The highest BCUT2D eigenvalue weighted by Crippen LogP contribution is 2.28. The molecule has 0 saturated carbocycles. The van der Waals surface area contributed by atoms with Crippen molar-refractivity contribution in [3.05, 3.63) is 52.4 Å². The minimum atomic E-state index is -0.551. The fourth-order valence-electron chi connectivity index (χ4n) is 3.40. The maximum atomic E-state index is 13.1. The fourth-order valence-corrected chi connectivity index (χ4v) is 3.40. The van der Waals surface area contributed by atoms with Gasteiger partial charge < -0.3 is 23.8 Å². The van der Waals surface area contributed by atoms with Gasteiger partial charge in [0.05, 0.1) is 12.7 Å². The van der Waals surface area contributed by atoms with Crippen LogP contribution in [0.25, 0.3) is 11.1 Å². The number of piperazine rings is 1. The van der Waals surface area contributed by atoms with Crippen LogP contribution in [0.2, 0.25) is 0 Å². The van der Waals surface area contributed by atoms with Crippen LogP contribution in [-0.2, 0) is 11.8 Å². The molecule has 0 aliphatic carbocycles. The number of aryl methyl sites for hydroxylation is 1. The Morgan fingerprint density at radius 2 is 1.55 bits per heavy atom. The van der Waals surface area contributed by atoms with Gasteiger partial charge in [-0.25, -0.2) is 4.79 Å². The molecule has 1 fully saturated rings. The van der Waals surface area contributed by atoms with E-state index in [9.17, 15) is 14.4 Å². The smallest absolute Gasteiger partial charge is 0.410 e. The lowest BCUT2D eigenvalue weighted by molar-refractivity contribution is 0.0140. The molecule has 0 radical (unpaired) electrons. The van der Waals surface area contributed by atoms with E-state index < -0.39 is 5.60 Å². The van der Waals surface area contributed by atoms with Gasteiger partial charge in [0.1, 0.15) is 11.4 Å². The normalized spacial score (nSPS) is 14.4. The molecule has 0 spiro atoms. The number of hydrogen-bond donors (Lipinski definition) is 0. The number of carbonyl (C=O) groups is 2. The van der Waals surface area contributed by atoms with Crippen LogP contribution in [0.15, 0.2) is 41.3 Å². The quantitative estimate of drug-likeness (QED) is 0.752. The summed E-state index contributed by atoms with van der Waals surface area (Å²) >= 11 is 0. The van der Waals surface area contributed by atoms with E-state index in [0.29, 0.717) is 37.5 Å². The zero-order valence-electron chi connectivity index (χ0n) is 18.7. The van der Waals surface area contributed by atoms with Crippen LogP contribution in [0.1, 0.15) is 31.1 Å². The molecule has 0 unspecified atom stereocenters. The maximum Gasteiger partial charge on any atom is 0.410 e. The number of aromatic nitrogens is 1. The summed E-state index contributed by atoms with van der Waals surface area (Å²) in [6, 6.07) is 8.62. The lowest BCUT2D eigenvalue weighted by Crippen LogP contribution is -2.51. The summed E-state index contributed by atoms with van der Waals surface area (Å²) in [5, 5.41) is 0.